The molecule has 1 aliphatic rings. The van der Waals surface area contributed by atoms with Crippen molar-refractivity contribution in [3.05, 3.63) is 35.9 Å². The van der Waals surface area contributed by atoms with E-state index in [1.54, 1.807) is 0 Å². The lowest BCUT2D eigenvalue weighted by Crippen LogP contribution is -2.47. The van der Waals surface area contributed by atoms with E-state index in [4.69, 9.17) is 12.2 Å². The SMILES string of the molecule is CNC(=S)C1(c2ccccc2)CCCC[S@@]1=O. The summed E-state index contributed by atoms with van der Waals surface area (Å²) in [6.45, 7) is 0. The van der Waals surface area contributed by atoms with Gasteiger partial charge in [-0.2, -0.15) is 0 Å². The minimum Gasteiger partial charge on any atom is -0.381 e. The summed E-state index contributed by atoms with van der Waals surface area (Å²) in [5.41, 5.74) is 1.08. The Bertz CT molecular complexity index is 422. The lowest BCUT2D eigenvalue weighted by molar-refractivity contribution is 0.574. The summed E-state index contributed by atoms with van der Waals surface area (Å²) in [6, 6.07) is 10.0. The van der Waals surface area contributed by atoms with Crippen LogP contribution in [0.5, 0.6) is 0 Å². The van der Waals surface area contributed by atoms with Gasteiger partial charge in [0.15, 0.2) is 0 Å². The normalized spacial score (nSPS) is 28.6. The number of hydrogen-bond acceptors (Lipinski definition) is 2. The Hall–Kier alpha value is -0.740. The van der Waals surface area contributed by atoms with Crippen LogP contribution in [-0.4, -0.2) is 22.0 Å². The maximum atomic E-state index is 12.5. The predicted octanol–water partition coefficient (Wildman–Crippen LogP) is 2.36. The summed E-state index contributed by atoms with van der Waals surface area (Å²) in [7, 11) is 0.897. The summed E-state index contributed by atoms with van der Waals surface area (Å²) < 4.78 is 12.0. The molecule has 92 valence electrons. The van der Waals surface area contributed by atoms with Crippen LogP contribution >= 0.6 is 12.2 Å². The number of likely N-dealkylation sites (N-methyl/N-ethyl adjacent to an activating group) is 1. The Balaban J connectivity index is 2.50. The topological polar surface area (TPSA) is 29.1 Å². The number of rotatable bonds is 2. The minimum atomic E-state index is -0.921. The van der Waals surface area contributed by atoms with Crippen LogP contribution in [0.3, 0.4) is 0 Å². The van der Waals surface area contributed by atoms with E-state index >= 15 is 0 Å². The second-order valence-electron chi connectivity index (χ2n) is 4.28. The maximum absolute atomic E-state index is 12.5. The van der Waals surface area contributed by atoms with Crippen molar-refractivity contribution >= 4 is 28.0 Å². The van der Waals surface area contributed by atoms with E-state index in [-0.39, 0.29) is 0 Å². The van der Waals surface area contributed by atoms with Gasteiger partial charge in [0.05, 0.1) is 4.99 Å². The van der Waals surface area contributed by atoms with Gasteiger partial charge in [-0.1, -0.05) is 49.0 Å². The van der Waals surface area contributed by atoms with Gasteiger partial charge in [0, 0.05) is 23.6 Å². The third kappa shape index (κ3) is 2.16. The molecule has 0 aliphatic carbocycles. The molecule has 1 unspecified atom stereocenters. The zero-order valence-electron chi connectivity index (χ0n) is 9.94. The molecule has 2 nitrogen and oxygen atoms in total. The van der Waals surface area contributed by atoms with Crippen molar-refractivity contribution in [3.8, 4) is 0 Å². The Labute approximate surface area is 110 Å². The Kier molecular flexibility index (Phi) is 3.94. The van der Waals surface area contributed by atoms with Crippen LogP contribution in [0, 0.1) is 0 Å². The van der Waals surface area contributed by atoms with Crippen LogP contribution in [0.25, 0.3) is 0 Å². The van der Waals surface area contributed by atoms with E-state index in [9.17, 15) is 4.21 Å². The Morgan fingerprint density at radius 3 is 2.65 bits per heavy atom. The van der Waals surface area contributed by atoms with Crippen molar-refractivity contribution in [2.75, 3.05) is 12.8 Å². The van der Waals surface area contributed by atoms with Crippen molar-refractivity contribution in [3.63, 3.8) is 0 Å². The van der Waals surface area contributed by atoms with Gasteiger partial charge in [0.25, 0.3) is 0 Å². The second kappa shape index (κ2) is 5.27. The fourth-order valence-corrected chi connectivity index (χ4v) is 4.82. The minimum absolute atomic E-state index is 0.469. The van der Waals surface area contributed by atoms with E-state index < -0.39 is 15.5 Å². The molecule has 1 heterocycles. The molecule has 2 rings (SSSR count). The first-order valence-electron chi connectivity index (χ1n) is 5.88. The van der Waals surface area contributed by atoms with Crippen LogP contribution in [0.15, 0.2) is 30.3 Å². The van der Waals surface area contributed by atoms with E-state index in [2.05, 4.69) is 5.32 Å². The second-order valence-corrected chi connectivity index (χ2v) is 6.48. The van der Waals surface area contributed by atoms with E-state index in [1.165, 1.54) is 0 Å². The number of hydrogen-bond donors (Lipinski definition) is 1. The van der Waals surface area contributed by atoms with E-state index in [1.807, 2.05) is 37.4 Å². The zero-order valence-corrected chi connectivity index (χ0v) is 11.6. The summed E-state index contributed by atoms with van der Waals surface area (Å²) >= 11 is 5.44. The van der Waals surface area contributed by atoms with Gasteiger partial charge in [-0.3, -0.25) is 4.21 Å². The molecular formula is C13H17NOS2. The van der Waals surface area contributed by atoms with Crippen LogP contribution in [0.1, 0.15) is 24.8 Å². The highest BCUT2D eigenvalue weighted by Gasteiger charge is 2.43. The molecule has 0 saturated carbocycles. The van der Waals surface area contributed by atoms with Crippen LogP contribution in [0.4, 0.5) is 0 Å². The lowest BCUT2D eigenvalue weighted by Gasteiger charge is -2.37. The molecule has 1 aliphatic heterocycles. The molecule has 1 aromatic carbocycles. The van der Waals surface area contributed by atoms with E-state index in [0.717, 1.165) is 30.6 Å². The van der Waals surface area contributed by atoms with E-state index in [0.29, 0.717) is 4.99 Å². The van der Waals surface area contributed by atoms with Crippen LogP contribution in [-0.2, 0) is 15.5 Å². The molecule has 1 fully saturated rings. The number of nitrogens with one attached hydrogen (secondary N) is 1. The van der Waals surface area contributed by atoms with Gasteiger partial charge < -0.3 is 5.32 Å². The Morgan fingerprint density at radius 2 is 2.06 bits per heavy atom. The van der Waals surface area contributed by atoms with Crippen LogP contribution < -0.4 is 5.32 Å². The average Bonchev–Trinajstić information content (AvgIpc) is 2.39. The molecular weight excluding hydrogens is 250 g/mol. The van der Waals surface area contributed by atoms with Gasteiger partial charge in [0.2, 0.25) is 0 Å². The monoisotopic (exact) mass is 267 g/mol. The smallest absolute Gasteiger partial charge is 0.121 e. The van der Waals surface area contributed by atoms with Crippen molar-refractivity contribution < 1.29 is 4.21 Å². The molecule has 0 aromatic heterocycles. The summed E-state index contributed by atoms with van der Waals surface area (Å²) in [4.78, 5) is 0.710. The average molecular weight is 267 g/mol. The molecule has 1 saturated heterocycles. The lowest BCUT2D eigenvalue weighted by atomic mass is 9.91. The highest BCUT2D eigenvalue weighted by atomic mass is 32.2. The zero-order chi connectivity index (χ0) is 12.3. The molecule has 1 aromatic rings. The standard InChI is InChI=1S/C13H17NOS2/c1-14-12(16)13(9-5-6-10-17(13)15)11-7-3-2-4-8-11/h2-4,7-8H,5-6,9-10H2,1H3,(H,14,16)/t13?,17-/m0/s1. The fraction of sp³-hybridized carbons (Fsp3) is 0.462. The van der Waals surface area contributed by atoms with Crippen molar-refractivity contribution in [1.29, 1.82) is 0 Å². The molecule has 0 radical (unpaired) electrons. The molecule has 4 heteroatoms. The summed E-state index contributed by atoms with van der Waals surface area (Å²) in [5, 5.41) is 3.04. The molecule has 1 N–H and O–H groups in total. The Morgan fingerprint density at radius 1 is 1.35 bits per heavy atom. The molecule has 0 bridgehead atoms. The third-order valence-corrected chi connectivity index (χ3v) is 6.09. The van der Waals surface area contributed by atoms with Gasteiger partial charge in [-0.15, -0.1) is 0 Å². The van der Waals surface area contributed by atoms with Crippen molar-refractivity contribution in [2.24, 2.45) is 0 Å². The largest absolute Gasteiger partial charge is 0.381 e. The summed E-state index contributed by atoms with van der Waals surface area (Å²) in [6.07, 6.45) is 3.00. The highest BCUT2D eigenvalue weighted by Crippen LogP contribution is 2.38. The molecule has 17 heavy (non-hydrogen) atoms. The highest BCUT2D eigenvalue weighted by molar-refractivity contribution is 7.90. The van der Waals surface area contributed by atoms with Gasteiger partial charge in [-0.05, 0) is 18.4 Å². The third-order valence-electron chi connectivity index (χ3n) is 3.33. The quantitative estimate of drug-likeness (QED) is 0.834. The van der Waals surface area contributed by atoms with Gasteiger partial charge in [-0.25, -0.2) is 0 Å². The maximum Gasteiger partial charge on any atom is 0.121 e. The van der Waals surface area contributed by atoms with Crippen molar-refractivity contribution in [1.82, 2.24) is 5.32 Å². The molecule has 0 amide bonds. The van der Waals surface area contributed by atoms with Gasteiger partial charge >= 0.3 is 0 Å². The first kappa shape index (κ1) is 12.7. The van der Waals surface area contributed by atoms with Crippen LogP contribution in [0.2, 0.25) is 0 Å². The van der Waals surface area contributed by atoms with Crippen molar-refractivity contribution in [2.45, 2.75) is 24.0 Å². The fourth-order valence-electron chi connectivity index (χ4n) is 2.43. The predicted molar refractivity (Wildman–Crippen MR) is 76.6 cm³/mol. The first-order valence-corrected chi connectivity index (χ1v) is 7.61. The molecule has 2 atom stereocenters. The number of thiocarbonyl (C=S) groups is 1. The summed E-state index contributed by atoms with van der Waals surface area (Å²) in [5.74, 6) is 0.747. The first-order chi connectivity index (χ1) is 8.21. The van der Waals surface area contributed by atoms with Gasteiger partial charge in [0.1, 0.15) is 4.75 Å². The number of benzene rings is 1. The molecule has 0 spiro atoms.